The van der Waals surface area contributed by atoms with E-state index in [-0.39, 0.29) is 34.7 Å². The number of carbonyl (C=O) groups excluding carboxylic acids is 3. The third-order valence-electron chi connectivity index (χ3n) is 5.91. The van der Waals surface area contributed by atoms with Crippen molar-refractivity contribution >= 4 is 26.4 Å². The summed E-state index contributed by atoms with van der Waals surface area (Å²) in [5.41, 5.74) is 0. The van der Waals surface area contributed by atoms with Gasteiger partial charge in [-0.1, -0.05) is 39.0 Å². The topological polar surface area (TPSA) is 69.7 Å². The van der Waals surface area contributed by atoms with E-state index < -0.39 is 8.32 Å². The quantitative estimate of drug-likeness (QED) is 0.132. The molecule has 0 radical (unpaired) electrons. The van der Waals surface area contributed by atoms with Crippen LogP contribution in [0.25, 0.3) is 0 Å². The third kappa shape index (κ3) is 7.13. The molecule has 3 atom stereocenters. The fraction of sp³-hybridized carbons (Fsp3) is 0.682. The highest BCUT2D eigenvalue weighted by molar-refractivity contribution is 6.74. The molecule has 6 heteroatoms. The number of methoxy groups -OCH3 is 1. The van der Waals surface area contributed by atoms with Crippen LogP contribution in [0.4, 0.5) is 0 Å². The lowest BCUT2D eigenvalue weighted by atomic mass is 9.90. The van der Waals surface area contributed by atoms with Crippen LogP contribution >= 0.6 is 0 Å². The minimum Gasteiger partial charge on any atom is -0.469 e. The SMILES string of the molecule is COC(=O)CCCC=CC[C@H]1C(=O)C[C@@H](O[Si](C)(C)C(C)(C)C)[C@@H]1/C=C\C=O. The van der Waals surface area contributed by atoms with Gasteiger partial charge in [-0.15, -0.1) is 0 Å². The number of hydrogen-bond acceptors (Lipinski definition) is 5. The van der Waals surface area contributed by atoms with Gasteiger partial charge in [0.15, 0.2) is 8.32 Å². The van der Waals surface area contributed by atoms with Crippen LogP contribution < -0.4 is 0 Å². The van der Waals surface area contributed by atoms with E-state index >= 15 is 0 Å². The van der Waals surface area contributed by atoms with Crippen molar-refractivity contribution < 1.29 is 23.5 Å². The summed E-state index contributed by atoms with van der Waals surface area (Å²) in [4.78, 5) is 34.6. The van der Waals surface area contributed by atoms with Crippen LogP contribution in [0.2, 0.25) is 18.1 Å². The van der Waals surface area contributed by atoms with E-state index in [9.17, 15) is 14.4 Å². The molecule has 158 valence electrons. The maximum Gasteiger partial charge on any atom is 0.305 e. The van der Waals surface area contributed by atoms with Gasteiger partial charge in [0, 0.05) is 24.7 Å². The Bertz CT molecular complexity index is 601. The van der Waals surface area contributed by atoms with Gasteiger partial charge in [0.2, 0.25) is 0 Å². The van der Waals surface area contributed by atoms with Gasteiger partial charge in [-0.2, -0.15) is 0 Å². The van der Waals surface area contributed by atoms with Crippen LogP contribution in [0.1, 0.15) is 52.9 Å². The fourth-order valence-electron chi connectivity index (χ4n) is 3.18. The van der Waals surface area contributed by atoms with Crippen molar-refractivity contribution in [2.24, 2.45) is 11.8 Å². The smallest absolute Gasteiger partial charge is 0.305 e. The van der Waals surface area contributed by atoms with Crippen molar-refractivity contribution in [3.8, 4) is 0 Å². The number of carbonyl (C=O) groups is 3. The van der Waals surface area contributed by atoms with E-state index in [0.29, 0.717) is 19.3 Å². The molecule has 1 aliphatic rings. The van der Waals surface area contributed by atoms with E-state index in [4.69, 9.17) is 4.43 Å². The highest BCUT2D eigenvalue weighted by Crippen LogP contribution is 2.42. The predicted molar refractivity (Wildman–Crippen MR) is 114 cm³/mol. The van der Waals surface area contributed by atoms with Gasteiger partial charge in [-0.05, 0) is 43.5 Å². The van der Waals surface area contributed by atoms with Gasteiger partial charge in [-0.25, -0.2) is 0 Å². The molecule has 0 N–H and O–H groups in total. The molecular weight excluding hydrogens is 372 g/mol. The molecule has 0 unspecified atom stereocenters. The highest BCUT2D eigenvalue weighted by Gasteiger charge is 2.46. The second-order valence-electron chi connectivity index (χ2n) is 8.97. The molecule has 1 fully saturated rings. The average molecular weight is 409 g/mol. The summed E-state index contributed by atoms with van der Waals surface area (Å²) in [6.07, 6.45) is 10.9. The Hall–Kier alpha value is -1.53. The molecule has 5 nitrogen and oxygen atoms in total. The number of ketones is 1. The summed E-state index contributed by atoms with van der Waals surface area (Å²) in [7, 11) is -0.622. The molecule has 1 saturated carbocycles. The van der Waals surface area contributed by atoms with Gasteiger partial charge in [0.25, 0.3) is 0 Å². The Morgan fingerprint density at radius 1 is 1.25 bits per heavy atom. The number of ether oxygens (including phenoxy) is 1. The van der Waals surface area contributed by atoms with E-state index in [2.05, 4.69) is 38.6 Å². The number of hydrogen-bond donors (Lipinski definition) is 0. The Kier molecular flexibility index (Phi) is 9.50. The summed E-state index contributed by atoms with van der Waals surface area (Å²) in [6, 6.07) is 0. The Labute approximate surface area is 170 Å². The van der Waals surface area contributed by atoms with Gasteiger partial charge < -0.3 is 9.16 Å². The summed E-state index contributed by atoms with van der Waals surface area (Å²) in [5, 5.41) is 0.0621. The minimum absolute atomic E-state index is 0.0621. The van der Waals surface area contributed by atoms with E-state index in [1.54, 1.807) is 0 Å². The zero-order valence-electron chi connectivity index (χ0n) is 18.2. The first-order valence-corrected chi connectivity index (χ1v) is 13.0. The van der Waals surface area contributed by atoms with E-state index in [1.165, 1.54) is 13.2 Å². The Morgan fingerprint density at radius 3 is 2.50 bits per heavy atom. The summed E-state index contributed by atoms with van der Waals surface area (Å²) in [5.74, 6) is -0.248. The summed E-state index contributed by atoms with van der Waals surface area (Å²) < 4.78 is 11.2. The number of unbranched alkanes of at least 4 members (excludes halogenated alkanes) is 1. The predicted octanol–water partition coefficient (Wildman–Crippen LogP) is 4.63. The number of Topliss-reactive ketones (excluding diaryl/α,β-unsaturated/α-hetero) is 1. The van der Waals surface area contributed by atoms with Crippen LogP contribution in [0.5, 0.6) is 0 Å². The second-order valence-corrected chi connectivity index (χ2v) is 13.7. The molecule has 0 aliphatic heterocycles. The summed E-state index contributed by atoms with van der Waals surface area (Å²) >= 11 is 0. The van der Waals surface area contributed by atoms with E-state index in [1.807, 2.05) is 18.2 Å². The average Bonchev–Trinajstić information content (AvgIpc) is 2.88. The lowest BCUT2D eigenvalue weighted by Gasteiger charge is -2.39. The first-order valence-electron chi connectivity index (χ1n) is 10.1. The first kappa shape index (κ1) is 24.5. The molecule has 0 aromatic carbocycles. The van der Waals surface area contributed by atoms with Gasteiger partial charge in [0.05, 0.1) is 13.2 Å². The molecule has 0 heterocycles. The molecule has 1 aliphatic carbocycles. The molecule has 1 rings (SSSR count). The Balaban J connectivity index is 2.76. The third-order valence-corrected chi connectivity index (χ3v) is 10.4. The van der Waals surface area contributed by atoms with E-state index in [0.717, 1.165) is 19.1 Å². The fourth-order valence-corrected chi connectivity index (χ4v) is 4.53. The first-order chi connectivity index (χ1) is 13.0. The number of allylic oxidation sites excluding steroid dienone is 3. The molecule has 28 heavy (non-hydrogen) atoms. The van der Waals surface area contributed by atoms with Crippen molar-refractivity contribution in [3.05, 3.63) is 24.3 Å². The zero-order valence-corrected chi connectivity index (χ0v) is 19.2. The van der Waals surface area contributed by atoms with Crippen molar-refractivity contribution in [3.63, 3.8) is 0 Å². The zero-order chi connectivity index (χ0) is 21.4. The van der Waals surface area contributed by atoms with Crippen molar-refractivity contribution in [2.45, 2.75) is 77.1 Å². The standard InChI is InChI=1S/C22H36O5Si/c1-22(2,3)28(5,6)27-20-16-19(24)17(18(20)13-11-15-23)12-9-7-8-10-14-21(25)26-4/h7,9,11,13,15,17-18,20H,8,10,12,14,16H2,1-6H3/b9-7?,13-11-/t17-,18-,20-/m1/s1. The molecular formula is C22H36O5Si. The maximum atomic E-state index is 12.7. The summed E-state index contributed by atoms with van der Waals surface area (Å²) in [6.45, 7) is 10.9. The van der Waals surface area contributed by atoms with Crippen molar-refractivity contribution in [2.75, 3.05) is 7.11 Å². The maximum absolute atomic E-state index is 12.7. The number of rotatable bonds is 10. The molecule has 0 spiro atoms. The monoisotopic (exact) mass is 408 g/mol. The highest BCUT2D eigenvalue weighted by atomic mass is 28.4. The van der Waals surface area contributed by atoms with Crippen LogP contribution in [-0.2, 0) is 23.5 Å². The number of esters is 1. The van der Waals surface area contributed by atoms with Crippen LogP contribution in [0.15, 0.2) is 24.3 Å². The van der Waals surface area contributed by atoms with Crippen LogP contribution in [0.3, 0.4) is 0 Å². The largest absolute Gasteiger partial charge is 0.469 e. The van der Waals surface area contributed by atoms with Crippen molar-refractivity contribution in [1.29, 1.82) is 0 Å². The molecule has 0 bridgehead atoms. The van der Waals surface area contributed by atoms with Crippen LogP contribution in [0, 0.1) is 11.8 Å². The lowest BCUT2D eigenvalue weighted by Crippen LogP contribution is -2.45. The normalized spacial score (nSPS) is 23.6. The Morgan fingerprint density at radius 2 is 1.93 bits per heavy atom. The molecule has 0 aromatic rings. The lowest BCUT2D eigenvalue weighted by molar-refractivity contribution is -0.140. The molecule has 0 saturated heterocycles. The van der Waals surface area contributed by atoms with Crippen LogP contribution in [-0.4, -0.2) is 39.6 Å². The van der Waals surface area contributed by atoms with Gasteiger partial charge in [0.1, 0.15) is 12.1 Å². The van der Waals surface area contributed by atoms with Gasteiger partial charge in [-0.3, -0.25) is 14.4 Å². The number of aldehydes is 1. The second kappa shape index (κ2) is 10.9. The minimum atomic E-state index is -2.01. The molecule has 0 amide bonds. The van der Waals surface area contributed by atoms with Gasteiger partial charge >= 0.3 is 5.97 Å². The van der Waals surface area contributed by atoms with Crippen molar-refractivity contribution in [1.82, 2.24) is 0 Å². The molecule has 0 aromatic heterocycles.